The van der Waals surface area contributed by atoms with Crippen LogP contribution in [0.5, 0.6) is 0 Å². The molecule has 0 unspecified atom stereocenters. The number of hydrogen-bond acceptors (Lipinski definition) is 4. The van der Waals surface area contributed by atoms with E-state index in [1.807, 2.05) is 23.1 Å². The molecule has 1 aliphatic rings. The smallest absolute Gasteiger partial charge is 0.223 e. The minimum Gasteiger partial charge on any atom is -0.341 e. The average molecular weight is 338 g/mol. The summed E-state index contributed by atoms with van der Waals surface area (Å²) in [4.78, 5) is 18.0. The Morgan fingerprint density at radius 3 is 2.85 bits per heavy atom. The summed E-state index contributed by atoms with van der Waals surface area (Å²) in [5, 5.41) is 0. The van der Waals surface area contributed by atoms with Crippen LogP contribution < -0.4 is 5.73 Å². The number of rotatable bonds is 5. The second kappa shape index (κ2) is 10.3. The Labute approximate surface area is 136 Å². The van der Waals surface area contributed by atoms with Gasteiger partial charge in [-0.2, -0.15) is 11.8 Å². The highest BCUT2D eigenvalue weighted by Crippen LogP contribution is 2.13. The monoisotopic (exact) mass is 337 g/mol. The van der Waals surface area contributed by atoms with Crippen LogP contribution in [0.2, 0.25) is 0 Å². The van der Waals surface area contributed by atoms with Crippen LogP contribution in [0.15, 0.2) is 24.4 Å². The molecule has 114 valence electrons. The fraction of sp³-hybridized carbons (Fsp3) is 0.538. The normalized spacial score (nSPS) is 17.2. The van der Waals surface area contributed by atoms with E-state index in [-0.39, 0.29) is 36.8 Å². The summed E-state index contributed by atoms with van der Waals surface area (Å²) < 4.78 is 0. The number of aromatic nitrogens is 1. The predicted molar refractivity (Wildman–Crippen MR) is 88.7 cm³/mol. The van der Waals surface area contributed by atoms with Crippen molar-refractivity contribution in [3.8, 4) is 0 Å². The molecule has 0 bridgehead atoms. The van der Waals surface area contributed by atoms with Crippen LogP contribution in [-0.2, 0) is 10.5 Å². The molecule has 1 aromatic heterocycles. The minimum atomic E-state index is 0. The van der Waals surface area contributed by atoms with E-state index in [0.717, 1.165) is 36.7 Å². The van der Waals surface area contributed by atoms with Gasteiger partial charge in [-0.05, 0) is 18.6 Å². The highest BCUT2D eigenvalue weighted by Gasteiger charge is 2.22. The zero-order chi connectivity index (χ0) is 12.8. The van der Waals surface area contributed by atoms with Gasteiger partial charge in [0.05, 0.1) is 5.69 Å². The van der Waals surface area contributed by atoms with Gasteiger partial charge in [-0.25, -0.2) is 0 Å². The number of thioether (sulfide) groups is 1. The molecule has 1 fully saturated rings. The van der Waals surface area contributed by atoms with Gasteiger partial charge in [0.25, 0.3) is 0 Å². The highest BCUT2D eigenvalue weighted by molar-refractivity contribution is 7.98. The quantitative estimate of drug-likeness (QED) is 0.836. The molecule has 0 spiro atoms. The number of pyridine rings is 1. The van der Waals surface area contributed by atoms with Gasteiger partial charge in [-0.3, -0.25) is 9.78 Å². The molecule has 2 rings (SSSR count). The van der Waals surface area contributed by atoms with Crippen LogP contribution in [0.3, 0.4) is 0 Å². The maximum atomic E-state index is 11.8. The molecule has 1 amide bonds. The molecule has 4 nitrogen and oxygen atoms in total. The molecule has 0 saturated carbocycles. The average Bonchev–Trinajstić information content (AvgIpc) is 2.82. The predicted octanol–water partition coefficient (Wildman–Crippen LogP) is 2.11. The summed E-state index contributed by atoms with van der Waals surface area (Å²) in [6.45, 7) is 1.55. The molecule has 20 heavy (non-hydrogen) atoms. The van der Waals surface area contributed by atoms with Crippen LogP contribution in [0.25, 0.3) is 0 Å². The van der Waals surface area contributed by atoms with Crippen molar-refractivity contribution < 1.29 is 4.79 Å². The number of carbonyl (C=O) groups excluding carboxylic acids is 1. The first kappa shape index (κ1) is 19.5. The fourth-order valence-corrected chi connectivity index (χ4v) is 2.83. The Kier molecular flexibility index (Phi) is 10.0. The summed E-state index contributed by atoms with van der Waals surface area (Å²) >= 11 is 1.75. The van der Waals surface area contributed by atoms with Crippen molar-refractivity contribution in [2.24, 2.45) is 5.73 Å². The Bertz CT molecular complexity index is 394. The maximum Gasteiger partial charge on any atom is 0.223 e. The molecule has 1 saturated heterocycles. The summed E-state index contributed by atoms with van der Waals surface area (Å²) in [6, 6.07) is 6.08. The standard InChI is InChI=1S/C13H19N3OS.2ClH/c14-11-4-7-16(9-11)13(17)5-8-18-10-12-3-1-2-6-15-12;;/h1-3,6,11H,4-5,7-10,14H2;2*1H/t11-;;/m1../s1. The lowest BCUT2D eigenvalue weighted by Crippen LogP contribution is -2.32. The van der Waals surface area contributed by atoms with Crippen molar-refractivity contribution in [2.45, 2.75) is 24.6 Å². The van der Waals surface area contributed by atoms with Crippen LogP contribution in [-0.4, -0.2) is 40.7 Å². The van der Waals surface area contributed by atoms with Crippen LogP contribution in [0, 0.1) is 0 Å². The van der Waals surface area contributed by atoms with Gasteiger partial charge in [0.2, 0.25) is 5.91 Å². The number of nitrogens with two attached hydrogens (primary N) is 1. The molecule has 2 N–H and O–H groups in total. The van der Waals surface area contributed by atoms with Crippen molar-refractivity contribution in [1.29, 1.82) is 0 Å². The molecule has 1 atom stereocenters. The summed E-state index contributed by atoms with van der Waals surface area (Å²) in [7, 11) is 0. The van der Waals surface area contributed by atoms with Crippen molar-refractivity contribution in [3.63, 3.8) is 0 Å². The lowest BCUT2D eigenvalue weighted by Gasteiger charge is -2.15. The molecule has 0 radical (unpaired) electrons. The number of amides is 1. The Morgan fingerprint density at radius 2 is 2.25 bits per heavy atom. The lowest BCUT2D eigenvalue weighted by atomic mass is 10.3. The van der Waals surface area contributed by atoms with E-state index in [9.17, 15) is 4.79 Å². The highest BCUT2D eigenvalue weighted by atomic mass is 35.5. The molecule has 0 aliphatic carbocycles. The summed E-state index contributed by atoms with van der Waals surface area (Å²) in [5.74, 6) is 1.95. The molecular formula is C13H21Cl2N3OS. The zero-order valence-electron chi connectivity index (χ0n) is 11.2. The first-order valence-electron chi connectivity index (χ1n) is 6.26. The van der Waals surface area contributed by atoms with Crippen molar-refractivity contribution >= 4 is 42.5 Å². The first-order valence-corrected chi connectivity index (χ1v) is 7.42. The lowest BCUT2D eigenvalue weighted by molar-refractivity contribution is -0.129. The molecule has 0 aromatic carbocycles. The van der Waals surface area contributed by atoms with Gasteiger partial charge in [-0.1, -0.05) is 6.07 Å². The van der Waals surface area contributed by atoms with E-state index in [2.05, 4.69) is 4.98 Å². The SMILES string of the molecule is Cl.Cl.N[C@@H]1CCN(C(=O)CCSCc2ccccn2)C1. The van der Waals surface area contributed by atoms with E-state index < -0.39 is 0 Å². The van der Waals surface area contributed by atoms with E-state index in [1.54, 1.807) is 18.0 Å². The number of likely N-dealkylation sites (tertiary alicyclic amines) is 1. The van der Waals surface area contributed by atoms with E-state index in [0.29, 0.717) is 6.42 Å². The third-order valence-corrected chi connectivity index (χ3v) is 4.01. The summed E-state index contributed by atoms with van der Waals surface area (Å²) in [5.41, 5.74) is 6.85. The van der Waals surface area contributed by atoms with E-state index in [1.165, 1.54) is 0 Å². The largest absolute Gasteiger partial charge is 0.341 e. The second-order valence-electron chi connectivity index (χ2n) is 4.51. The van der Waals surface area contributed by atoms with Gasteiger partial charge in [0.1, 0.15) is 0 Å². The zero-order valence-corrected chi connectivity index (χ0v) is 13.7. The molecule has 7 heteroatoms. The number of hydrogen-bond donors (Lipinski definition) is 1. The topological polar surface area (TPSA) is 59.2 Å². The van der Waals surface area contributed by atoms with E-state index in [4.69, 9.17) is 5.73 Å². The van der Waals surface area contributed by atoms with Gasteiger partial charge < -0.3 is 10.6 Å². The number of halogens is 2. The van der Waals surface area contributed by atoms with E-state index >= 15 is 0 Å². The third kappa shape index (κ3) is 6.31. The van der Waals surface area contributed by atoms with Gasteiger partial charge in [-0.15, -0.1) is 24.8 Å². The maximum absolute atomic E-state index is 11.8. The number of nitrogens with zero attached hydrogens (tertiary/aromatic N) is 2. The van der Waals surface area contributed by atoms with Crippen LogP contribution in [0.1, 0.15) is 18.5 Å². The number of carbonyl (C=O) groups is 1. The Hall–Kier alpha value is -0.490. The molecular weight excluding hydrogens is 317 g/mol. The van der Waals surface area contributed by atoms with Gasteiger partial charge >= 0.3 is 0 Å². The van der Waals surface area contributed by atoms with Gasteiger partial charge in [0.15, 0.2) is 0 Å². The van der Waals surface area contributed by atoms with Gasteiger partial charge in [0, 0.05) is 43.3 Å². The molecule has 2 heterocycles. The Morgan fingerprint density at radius 1 is 1.45 bits per heavy atom. The third-order valence-electron chi connectivity index (χ3n) is 3.01. The van der Waals surface area contributed by atoms with Crippen molar-refractivity contribution in [2.75, 3.05) is 18.8 Å². The van der Waals surface area contributed by atoms with Crippen LogP contribution >= 0.6 is 36.6 Å². The van der Waals surface area contributed by atoms with Crippen molar-refractivity contribution in [3.05, 3.63) is 30.1 Å². The fourth-order valence-electron chi connectivity index (χ4n) is 1.99. The minimum absolute atomic E-state index is 0. The summed E-state index contributed by atoms with van der Waals surface area (Å²) in [6.07, 6.45) is 3.34. The first-order chi connectivity index (χ1) is 8.75. The van der Waals surface area contributed by atoms with Crippen molar-refractivity contribution in [1.82, 2.24) is 9.88 Å². The molecule has 1 aromatic rings. The second-order valence-corrected chi connectivity index (χ2v) is 5.62. The Balaban J connectivity index is 0.00000180. The molecule has 1 aliphatic heterocycles. The van der Waals surface area contributed by atoms with Crippen LogP contribution in [0.4, 0.5) is 0 Å².